The highest BCUT2D eigenvalue weighted by atomic mass is 16.5. The van der Waals surface area contributed by atoms with Crippen molar-refractivity contribution in [1.82, 2.24) is 10.2 Å². The number of likely N-dealkylation sites (N-methyl/N-ethyl adjacent to an activating group) is 1. The Hall–Kier alpha value is -1.76. The van der Waals surface area contributed by atoms with E-state index in [0.717, 1.165) is 45.4 Å². The molecule has 0 aromatic heterocycles. The van der Waals surface area contributed by atoms with Gasteiger partial charge in [-0.25, -0.2) is 0 Å². The predicted molar refractivity (Wildman–Crippen MR) is 152 cm³/mol. The third kappa shape index (κ3) is 17.7. The third-order valence-corrected chi connectivity index (χ3v) is 6.10. The van der Waals surface area contributed by atoms with Crippen molar-refractivity contribution < 1.29 is 4.74 Å². The molecule has 0 bridgehead atoms. The maximum Gasteiger partial charge on any atom is 0.0651 e. The summed E-state index contributed by atoms with van der Waals surface area (Å²) in [6.07, 6.45) is 18.0. The average molecular weight is 471 g/mol. The highest BCUT2D eigenvalue weighted by molar-refractivity contribution is 5.12. The molecule has 0 aromatic rings. The van der Waals surface area contributed by atoms with Crippen LogP contribution in [0.5, 0.6) is 0 Å². The van der Waals surface area contributed by atoms with Crippen LogP contribution in [0.4, 0.5) is 0 Å². The second-order valence-electron chi connectivity index (χ2n) is 9.23. The van der Waals surface area contributed by atoms with Crippen molar-refractivity contribution in [3.8, 4) is 11.8 Å². The van der Waals surface area contributed by atoms with Crippen LogP contribution in [0.15, 0.2) is 47.2 Å². The van der Waals surface area contributed by atoms with Gasteiger partial charge in [-0.05, 0) is 73.3 Å². The van der Waals surface area contributed by atoms with E-state index in [9.17, 15) is 0 Å². The summed E-state index contributed by atoms with van der Waals surface area (Å²) in [5.41, 5.74) is 4.20. The molecule has 0 rings (SSSR count). The van der Waals surface area contributed by atoms with E-state index in [4.69, 9.17) is 4.74 Å². The molecule has 3 heteroatoms. The molecule has 34 heavy (non-hydrogen) atoms. The smallest absolute Gasteiger partial charge is 0.0651 e. The quantitative estimate of drug-likeness (QED) is 0.126. The summed E-state index contributed by atoms with van der Waals surface area (Å²) in [4.78, 5) is 2.43. The average Bonchev–Trinajstić information content (AvgIpc) is 2.84. The van der Waals surface area contributed by atoms with Gasteiger partial charge in [0, 0.05) is 24.7 Å². The normalized spacial score (nSPS) is 14.9. The van der Waals surface area contributed by atoms with E-state index in [1.165, 1.54) is 30.5 Å². The standard InChI is InChI=1S/C31H54N2O/c1-9-14-20-30(11-3)24-27(6)19-18-22-33(13-5)26-31(12-4)25-29(8)34-23-17-15-16-21-32-28(7)10-2/h10-12,15,17,27,29,32H,9,13-14,16,20-26H2,1-8H3/b17-15+,28-10+,30-11-,31-12+. The molecule has 2 unspecified atom stereocenters. The number of hydrogen-bond acceptors (Lipinski definition) is 3. The first-order valence-electron chi connectivity index (χ1n) is 13.5. The third-order valence-electron chi connectivity index (χ3n) is 6.10. The number of allylic oxidation sites excluding steroid dienone is 5. The van der Waals surface area contributed by atoms with Gasteiger partial charge in [0.25, 0.3) is 0 Å². The number of rotatable bonds is 18. The van der Waals surface area contributed by atoms with Crippen molar-refractivity contribution in [2.24, 2.45) is 5.92 Å². The fourth-order valence-electron chi connectivity index (χ4n) is 3.67. The molecule has 0 aliphatic heterocycles. The molecule has 0 aliphatic carbocycles. The van der Waals surface area contributed by atoms with Gasteiger partial charge in [-0.15, -0.1) is 0 Å². The Morgan fingerprint density at radius 3 is 2.35 bits per heavy atom. The van der Waals surface area contributed by atoms with Crippen molar-refractivity contribution >= 4 is 0 Å². The lowest BCUT2D eigenvalue weighted by atomic mass is 9.97. The van der Waals surface area contributed by atoms with Crippen molar-refractivity contribution in [3.05, 3.63) is 47.2 Å². The lowest BCUT2D eigenvalue weighted by molar-refractivity contribution is 0.0871. The molecule has 1 N–H and O–H groups in total. The Morgan fingerprint density at radius 1 is 1.00 bits per heavy atom. The Morgan fingerprint density at radius 2 is 1.74 bits per heavy atom. The lowest BCUT2D eigenvalue weighted by Gasteiger charge is -2.21. The zero-order valence-electron chi connectivity index (χ0n) is 23.7. The van der Waals surface area contributed by atoms with Crippen LogP contribution < -0.4 is 5.32 Å². The van der Waals surface area contributed by atoms with Crippen molar-refractivity contribution in [1.29, 1.82) is 0 Å². The van der Waals surface area contributed by atoms with Crippen LogP contribution in [0, 0.1) is 17.8 Å². The van der Waals surface area contributed by atoms with Gasteiger partial charge in [0.05, 0.1) is 19.3 Å². The minimum atomic E-state index is 0.214. The van der Waals surface area contributed by atoms with E-state index in [1.54, 1.807) is 5.57 Å². The highest BCUT2D eigenvalue weighted by Crippen LogP contribution is 2.17. The molecule has 0 spiro atoms. The Bertz CT molecular complexity index is 690. The monoisotopic (exact) mass is 470 g/mol. The summed E-state index contributed by atoms with van der Waals surface area (Å²) in [6, 6.07) is 0. The van der Waals surface area contributed by atoms with Gasteiger partial charge in [-0.3, -0.25) is 4.90 Å². The van der Waals surface area contributed by atoms with Crippen LogP contribution in [0.1, 0.15) is 93.9 Å². The summed E-state index contributed by atoms with van der Waals surface area (Å²) >= 11 is 0. The van der Waals surface area contributed by atoms with Gasteiger partial charge in [0.1, 0.15) is 0 Å². The summed E-state index contributed by atoms with van der Waals surface area (Å²) in [6.45, 7) is 21.8. The topological polar surface area (TPSA) is 24.5 Å². The van der Waals surface area contributed by atoms with E-state index >= 15 is 0 Å². The van der Waals surface area contributed by atoms with Crippen molar-refractivity contribution in [3.63, 3.8) is 0 Å². The molecule has 0 aromatic carbocycles. The first-order valence-corrected chi connectivity index (χ1v) is 13.5. The van der Waals surface area contributed by atoms with Crippen LogP contribution in [-0.2, 0) is 4.74 Å². The zero-order chi connectivity index (χ0) is 25.6. The molecule has 0 heterocycles. The van der Waals surface area contributed by atoms with Crippen molar-refractivity contribution in [2.45, 2.75) is 100 Å². The number of hydrogen-bond donors (Lipinski definition) is 1. The van der Waals surface area contributed by atoms with E-state index < -0.39 is 0 Å². The summed E-state index contributed by atoms with van der Waals surface area (Å²) in [7, 11) is 0. The van der Waals surface area contributed by atoms with Crippen LogP contribution in [0.2, 0.25) is 0 Å². The number of nitrogens with zero attached hydrogens (tertiary/aromatic N) is 1. The number of ether oxygens (including phenoxy) is 1. The number of nitrogens with one attached hydrogen (secondary N) is 1. The Kier molecular flexibility index (Phi) is 20.6. The van der Waals surface area contributed by atoms with E-state index in [0.29, 0.717) is 12.5 Å². The van der Waals surface area contributed by atoms with E-state index in [1.807, 2.05) is 0 Å². The first kappa shape index (κ1) is 32.2. The molecule has 0 amide bonds. The molecule has 194 valence electrons. The van der Waals surface area contributed by atoms with Gasteiger partial charge in [-0.2, -0.15) is 0 Å². The first-order chi connectivity index (χ1) is 16.4. The van der Waals surface area contributed by atoms with Gasteiger partial charge >= 0.3 is 0 Å². The highest BCUT2D eigenvalue weighted by Gasteiger charge is 2.09. The van der Waals surface area contributed by atoms with E-state index in [2.05, 4.69) is 108 Å². The van der Waals surface area contributed by atoms with Crippen molar-refractivity contribution in [2.75, 3.05) is 32.8 Å². The summed E-state index contributed by atoms with van der Waals surface area (Å²) in [5, 5.41) is 3.37. The van der Waals surface area contributed by atoms with Crippen LogP contribution in [0.3, 0.4) is 0 Å². The van der Waals surface area contributed by atoms with Gasteiger partial charge in [0.15, 0.2) is 0 Å². The molecular weight excluding hydrogens is 416 g/mol. The zero-order valence-corrected chi connectivity index (χ0v) is 23.7. The van der Waals surface area contributed by atoms with Gasteiger partial charge < -0.3 is 10.1 Å². The Labute approximate surface area is 212 Å². The molecular formula is C31H54N2O. The minimum absolute atomic E-state index is 0.214. The SMILES string of the molecule is C/C=C(/CCCC)CC(C)C#CCN(CC)C/C(=C/C)CC(C)OC/C=C/CCN/C(C)=C/C. The fraction of sp³-hybridized carbons (Fsp3) is 0.677. The second-order valence-corrected chi connectivity index (χ2v) is 9.23. The van der Waals surface area contributed by atoms with Crippen LogP contribution in [0.25, 0.3) is 0 Å². The second kappa shape index (κ2) is 21.8. The predicted octanol–water partition coefficient (Wildman–Crippen LogP) is 7.68. The molecule has 0 aliphatic rings. The van der Waals surface area contributed by atoms with Crippen LogP contribution in [-0.4, -0.2) is 43.8 Å². The summed E-state index contributed by atoms with van der Waals surface area (Å²) < 4.78 is 6.02. The van der Waals surface area contributed by atoms with E-state index in [-0.39, 0.29) is 6.10 Å². The molecule has 2 atom stereocenters. The van der Waals surface area contributed by atoms with Crippen LogP contribution >= 0.6 is 0 Å². The molecule has 0 saturated carbocycles. The van der Waals surface area contributed by atoms with Gasteiger partial charge in [-0.1, -0.05) is 80.6 Å². The molecule has 3 nitrogen and oxygen atoms in total. The maximum absolute atomic E-state index is 6.02. The largest absolute Gasteiger partial charge is 0.389 e. The number of unbranched alkanes of at least 4 members (excludes halogenated alkanes) is 1. The molecule has 0 radical (unpaired) electrons. The molecule has 0 fully saturated rings. The molecule has 0 saturated heterocycles. The summed E-state index contributed by atoms with van der Waals surface area (Å²) in [5.74, 6) is 7.36. The van der Waals surface area contributed by atoms with Gasteiger partial charge in [0.2, 0.25) is 0 Å². The lowest BCUT2D eigenvalue weighted by Crippen LogP contribution is -2.27. The Balaban J connectivity index is 4.40. The maximum atomic E-state index is 6.02. The fourth-order valence-corrected chi connectivity index (χ4v) is 3.67. The minimum Gasteiger partial charge on any atom is -0.389 e.